The Kier molecular flexibility index (Phi) is 6.08. The lowest BCUT2D eigenvalue weighted by Gasteiger charge is -2.08. The van der Waals surface area contributed by atoms with Crippen molar-refractivity contribution in [1.29, 1.82) is 0 Å². The van der Waals surface area contributed by atoms with Crippen molar-refractivity contribution in [3.8, 4) is 11.4 Å². The highest BCUT2D eigenvalue weighted by atomic mass is 35.5. The summed E-state index contributed by atoms with van der Waals surface area (Å²) in [5.41, 5.74) is 1.67. The van der Waals surface area contributed by atoms with Crippen molar-refractivity contribution >= 4 is 29.1 Å². The number of amides is 1. The monoisotopic (exact) mass is 406 g/mol. The van der Waals surface area contributed by atoms with Gasteiger partial charge >= 0.3 is 0 Å². The first-order chi connectivity index (χ1) is 12.9. The van der Waals surface area contributed by atoms with Crippen LogP contribution in [0.3, 0.4) is 0 Å². The van der Waals surface area contributed by atoms with Crippen LogP contribution in [0.5, 0.6) is 0 Å². The molecule has 0 saturated heterocycles. The van der Waals surface area contributed by atoms with Crippen molar-refractivity contribution in [3.63, 3.8) is 0 Å². The third-order valence-corrected chi connectivity index (χ3v) is 4.64. The van der Waals surface area contributed by atoms with Crippen molar-refractivity contribution in [3.05, 3.63) is 69.7 Å². The third-order valence-electron chi connectivity index (χ3n) is 3.90. The van der Waals surface area contributed by atoms with E-state index in [0.29, 0.717) is 34.7 Å². The molecule has 1 heterocycles. The van der Waals surface area contributed by atoms with E-state index >= 15 is 0 Å². The van der Waals surface area contributed by atoms with Crippen LogP contribution in [-0.4, -0.2) is 27.2 Å². The van der Waals surface area contributed by atoms with Crippen molar-refractivity contribution in [2.45, 2.75) is 19.9 Å². The van der Waals surface area contributed by atoms with Crippen LogP contribution < -0.4 is 5.32 Å². The summed E-state index contributed by atoms with van der Waals surface area (Å²) in [6.45, 7) is 2.23. The SMILES string of the molecule is Cc1nc(-c2ccc(Cl)c(Cl)c2)n(CC(=O)NCCc2ccc(F)cc2)n1. The van der Waals surface area contributed by atoms with Gasteiger partial charge < -0.3 is 5.32 Å². The van der Waals surface area contributed by atoms with Gasteiger partial charge in [-0.05, 0) is 49.2 Å². The van der Waals surface area contributed by atoms with Gasteiger partial charge in [0.1, 0.15) is 18.2 Å². The van der Waals surface area contributed by atoms with Crippen molar-refractivity contribution < 1.29 is 9.18 Å². The summed E-state index contributed by atoms with van der Waals surface area (Å²) in [5, 5.41) is 7.97. The van der Waals surface area contributed by atoms with E-state index in [2.05, 4.69) is 15.4 Å². The molecule has 0 saturated carbocycles. The fraction of sp³-hybridized carbons (Fsp3) is 0.211. The Labute approximate surface area is 166 Å². The molecular weight excluding hydrogens is 390 g/mol. The van der Waals surface area contributed by atoms with Gasteiger partial charge in [0.15, 0.2) is 5.82 Å². The fourth-order valence-corrected chi connectivity index (χ4v) is 2.90. The fourth-order valence-electron chi connectivity index (χ4n) is 2.60. The number of benzene rings is 2. The molecule has 0 aliphatic heterocycles. The molecule has 0 spiro atoms. The summed E-state index contributed by atoms with van der Waals surface area (Å²) in [4.78, 5) is 16.6. The molecule has 1 aromatic heterocycles. The molecule has 0 aliphatic carbocycles. The average Bonchev–Trinajstić information content (AvgIpc) is 2.99. The molecule has 2 aromatic carbocycles. The quantitative estimate of drug-likeness (QED) is 0.671. The highest BCUT2D eigenvalue weighted by Crippen LogP contribution is 2.27. The second kappa shape index (κ2) is 8.50. The summed E-state index contributed by atoms with van der Waals surface area (Å²) in [6, 6.07) is 11.3. The minimum atomic E-state index is -0.279. The Morgan fingerprint density at radius 3 is 2.59 bits per heavy atom. The zero-order valence-electron chi connectivity index (χ0n) is 14.5. The van der Waals surface area contributed by atoms with Gasteiger partial charge in [-0.1, -0.05) is 35.3 Å². The lowest BCUT2D eigenvalue weighted by atomic mass is 10.1. The highest BCUT2D eigenvalue weighted by Gasteiger charge is 2.14. The summed E-state index contributed by atoms with van der Waals surface area (Å²) in [7, 11) is 0. The molecule has 27 heavy (non-hydrogen) atoms. The molecule has 140 valence electrons. The number of hydrogen-bond acceptors (Lipinski definition) is 3. The molecule has 5 nitrogen and oxygen atoms in total. The van der Waals surface area contributed by atoms with Gasteiger partial charge in [-0.2, -0.15) is 5.10 Å². The van der Waals surface area contributed by atoms with Crippen molar-refractivity contribution in [2.75, 3.05) is 6.54 Å². The van der Waals surface area contributed by atoms with Gasteiger partial charge in [0.05, 0.1) is 10.0 Å². The second-order valence-corrected chi connectivity index (χ2v) is 6.81. The topological polar surface area (TPSA) is 59.8 Å². The van der Waals surface area contributed by atoms with Crippen LogP contribution in [0.15, 0.2) is 42.5 Å². The molecule has 0 radical (unpaired) electrons. The Bertz CT molecular complexity index is 957. The van der Waals surface area contributed by atoms with Gasteiger partial charge in [-0.3, -0.25) is 4.79 Å². The van der Waals surface area contributed by atoms with E-state index in [0.717, 1.165) is 11.1 Å². The van der Waals surface area contributed by atoms with Crippen molar-refractivity contribution in [2.24, 2.45) is 0 Å². The Balaban J connectivity index is 1.64. The zero-order chi connectivity index (χ0) is 19.4. The normalized spacial score (nSPS) is 10.8. The number of aryl methyl sites for hydroxylation is 1. The minimum absolute atomic E-state index is 0.0276. The van der Waals surface area contributed by atoms with E-state index in [1.54, 1.807) is 37.3 Å². The van der Waals surface area contributed by atoms with Gasteiger partial charge in [0.2, 0.25) is 5.91 Å². The van der Waals surface area contributed by atoms with Gasteiger partial charge in [0.25, 0.3) is 0 Å². The Morgan fingerprint density at radius 2 is 1.89 bits per heavy atom. The van der Waals surface area contributed by atoms with Crippen LogP contribution in [-0.2, 0) is 17.8 Å². The van der Waals surface area contributed by atoms with Crippen LogP contribution in [0.4, 0.5) is 4.39 Å². The molecular formula is C19H17Cl2FN4O. The molecule has 0 aliphatic rings. The number of carbonyl (C=O) groups excluding carboxylic acids is 1. The first kappa shape index (κ1) is 19.3. The standard InChI is InChI=1S/C19H17Cl2FN4O/c1-12-24-19(14-4-7-16(20)17(21)10-14)26(25-12)11-18(27)23-9-8-13-2-5-15(22)6-3-13/h2-7,10H,8-9,11H2,1H3,(H,23,27). The van der Waals surface area contributed by atoms with Crippen LogP contribution in [0, 0.1) is 12.7 Å². The van der Waals surface area contributed by atoms with E-state index in [9.17, 15) is 9.18 Å². The third kappa shape index (κ3) is 5.05. The summed E-state index contributed by atoms with van der Waals surface area (Å²) in [6.07, 6.45) is 0.613. The van der Waals surface area contributed by atoms with Crippen LogP contribution >= 0.6 is 23.2 Å². The number of nitrogens with zero attached hydrogens (tertiary/aromatic N) is 3. The maximum atomic E-state index is 12.9. The predicted octanol–water partition coefficient (Wildman–Crippen LogP) is 4.06. The Morgan fingerprint density at radius 1 is 1.15 bits per heavy atom. The summed E-state index contributed by atoms with van der Waals surface area (Å²) >= 11 is 12.0. The molecule has 1 N–H and O–H groups in total. The summed E-state index contributed by atoms with van der Waals surface area (Å²) in [5.74, 6) is 0.623. The molecule has 3 rings (SSSR count). The molecule has 3 aromatic rings. The molecule has 0 bridgehead atoms. The van der Waals surface area contributed by atoms with Crippen molar-refractivity contribution in [1.82, 2.24) is 20.1 Å². The first-order valence-corrected chi connectivity index (χ1v) is 9.06. The second-order valence-electron chi connectivity index (χ2n) is 6.00. The maximum absolute atomic E-state index is 12.9. The van der Waals surface area contributed by atoms with E-state index in [-0.39, 0.29) is 18.3 Å². The van der Waals surface area contributed by atoms with Crippen LogP contribution in [0.1, 0.15) is 11.4 Å². The van der Waals surface area contributed by atoms with Gasteiger partial charge in [0, 0.05) is 12.1 Å². The summed E-state index contributed by atoms with van der Waals surface area (Å²) < 4.78 is 14.4. The number of halogens is 3. The molecule has 0 unspecified atom stereocenters. The predicted molar refractivity (Wildman–Crippen MR) is 103 cm³/mol. The largest absolute Gasteiger partial charge is 0.354 e. The van der Waals surface area contributed by atoms with Crippen LogP contribution in [0.25, 0.3) is 11.4 Å². The molecule has 1 amide bonds. The van der Waals surface area contributed by atoms with E-state index in [1.165, 1.54) is 16.8 Å². The average molecular weight is 407 g/mol. The number of aromatic nitrogens is 3. The first-order valence-electron chi connectivity index (χ1n) is 8.30. The minimum Gasteiger partial charge on any atom is -0.354 e. The van der Waals surface area contributed by atoms with E-state index in [4.69, 9.17) is 23.2 Å². The molecule has 8 heteroatoms. The van der Waals surface area contributed by atoms with E-state index < -0.39 is 0 Å². The smallest absolute Gasteiger partial charge is 0.241 e. The van der Waals surface area contributed by atoms with Gasteiger partial charge in [-0.25, -0.2) is 14.1 Å². The number of carbonyl (C=O) groups is 1. The van der Waals surface area contributed by atoms with Crippen LogP contribution in [0.2, 0.25) is 10.0 Å². The number of nitrogens with one attached hydrogen (secondary N) is 1. The highest BCUT2D eigenvalue weighted by molar-refractivity contribution is 6.42. The van der Waals surface area contributed by atoms with E-state index in [1.807, 2.05) is 0 Å². The molecule has 0 atom stereocenters. The maximum Gasteiger partial charge on any atom is 0.241 e. The lowest BCUT2D eigenvalue weighted by Crippen LogP contribution is -2.30. The number of hydrogen-bond donors (Lipinski definition) is 1. The Hall–Kier alpha value is -2.44. The molecule has 0 fully saturated rings. The zero-order valence-corrected chi connectivity index (χ0v) is 16.1. The van der Waals surface area contributed by atoms with Gasteiger partial charge in [-0.15, -0.1) is 0 Å². The lowest BCUT2D eigenvalue weighted by molar-refractivity contribution is -0.121. The number of rotatable bonds is 6.